The quantitative estimate of drug-likeness (QED) is 0.804. The first kappa shape index (κ1) is 17.8. The lowest BCUT2D eigenvalue weighted by molar-refractivity contribution is -0.139. The van der Waals surface area contributed by atoms with Gasteiger partial charge in [0.25, 0.3) is 5.91 Å². The lowest BCUT2D eigenvalue weighted by atomic mass is 9.73. The van der Waals surface area contributed by atoms with Crippen molar-refractivity contribution in [1.82, 2.24) is 9.80 Å². The molecule has 0 radical (unpaired) electrons. The van der Waals surface area contributed by atoms with E-state index in [1.807, 2.05) is 9.80 Å². The van der Waals surface area contributed by atoms with Crippen LogP contribution in [0.5, 0.6) is 0 Å². The van der Waals surface area contributed by atoms with Crippen molar-refractivity contribution in [3.63, 3.8) is 0 Å². The Morgan fingerprint density at radius 3 is 2.77 bits per heavy atom. The highest BCUT2D eigenvalue weighted by molar-refractivity contribution is 6.31. The van der Waals surface area contributed by atoms with Crippen molar-refractivity contribution in [3.05, 3.63) is 34.6 Å². The van der Waals surface area contributed by atoms with Crippen LogP contribution >= 0.6 is 11.6 Å². The zero-order valence-electron chi connectivity index (χ0n) is 14.8. The van der Waals surface area contributed by atoms with Gasteiger partial charge >= 0.3 is 0 Å². The predicted octanol–water partition coefficient (Wildman–Crippen LogP) is 3.73. The van der Waals surface area contributed by atoms with Crippen molar-refractivity contribution in [3.8, 4) is 0 Å². The van der Waals surface area contributed by atoms with E-state index in [-0.39, 0.29) is 22.3 Å². The average Bonchev–Trinajstić information content (AvgIpc) is 3.41. The molecule has 0 N–H and O–H groups in total. The van der Waals surface area contributed by atoms with Crippen LogP contribution in [0.25, 0.3) is 0 Å². The van der Waals surface area contributed by atoms with Gasteiger partial charge in [-0.2, -0.15) is 0 Å². The number of piperidine rings is 2. The Bertz CT molecular complexity index is 716. The Morgan fingerprint density at radius 2 is 2.04 bits per heavy atom. The van der Waals surface area contributed by atoms with E-state index in [9.17, 15) is 14.0 Å². The molecular weight excluding hydrogens is 355 g/mol. The normalized spacial score (nSPS) is 26.5. The maximum Gasteiger partial charge on any atom is 0.254 e. The molecule has 2 saturated heterocycles. The van der Waals surface area contributed by atoms with E-state index >= 15 is 0 Å². The van der Waals surface area contributed by atoms with Gasteiger partial charge < -0.3 is 9.80 Å². The summed E-state index contributed by atoms with van der Waals surface area (Å²) in [5, 5.41) is 0.235. The lowest BCUT2D eigenvalue weighted by Gasteiger charge is -2.48. The summed E-state index contributed by atoms with van der Waals surface area (Å²) in [4.78, 5) is 29.0. The van der Waals surface area contributed by atoms with Crippen LogP contribution in [-0.2, 0) is 4.79 Å². The number of halogens is 2. The molecule has 4 rings (SSSR count). The Labute approximate surface area is 158 Å². The van der Waals surface area contributed by atoms with E-state index < -0.39 is 5.82 Å². The van der Waals surface area contributed by atoms with E-state index in [0.29, 0.717) is 31.0 Å². The Balaban J connectivity index is 1.49. The number of nitrogens with zero attached hydrogens (tertiary/aromatic N) is 2. The van der Waals surface area contributed by atoms with Gasteiger partial charge in [-0.25, -0.2) is 4.39 Å². The molecule has 1 aromatic rings. The third-order valence-electron chi connectivity index (χ3n) is 5.98. The standard InChI is InChI=1S/C20H24ClFN2O2/c21-16-8-15(9-17(22)10-16)19(26)23-7-1-5-20(12-23)6-4-18(25)24(13-20)11-14-2-3-14/h8-10,14H,1-7,11-13H2/t20-/m0/s1. The van der Waals surface area contributed by atoms with Crippen molar-refractivity contribution >= 4 is 23.4 Å². The monoisotopic (exact) mass is 378 g/mol. The highest BCUT2D eigenvalue weighted by atomic mass is 35.5. The molecule has 1 aromatic carbocycles. The predicted molar refractivity (Wildman–Crippen MR) is 97.5 cm³/mol. The van der Waals surface area contributed by atoms with Gasteiger partial charge in [0.2, 0.25) is 5.91 Å². The number of likely N-dealkylation sites (tertiary alicyclic amines) is 2. The molecular formula is C20H24ClFN2O2. The van der Waals surface area contributed by atoms with Crippen LogP contribution in [0.4, 0.5) is 4.39 Å². The summed E-state index contributed by atoms with van der Waals surface area (Å²) in [5.74, 6) is 0.260. The van der Waals surface area contributed by atoms with Gasteiger partial charge in [-0.05, 0) is 56.2 Å². The van der Waals surface area contributed by atoms with Crippen LogP contribution in [0.2, 0.25) is 5.02 Å². The summed E-state index contributed by atoms with van der Waals surface area (Å²) >= 11 is 5.91. The van der Waals surface area contributed by atoms with Gasteiger partial charge in [0.15, 0.2) is 0 Å². The molecule has 2 aliphatic heterocycles. The first-order valence-corrected chi connectivity index (χ1v) is 9.85. The number of amides is 2. The number of hydrogen-bond acceptors (Lipinski definition) is 2. The second-order valence-corrected chi connectivity index (χ2v) is 8.64. The fourth-order valence-corrected chi connectivity index (χ4v) is 4.68. The molecule has 0 unspecified atom stereocenters. The molecule has 3 aliphatic rings. The van der Waals surface area contributed by atoms with E-state index in [4.69, 9.17) is 11.6 Å². The summed E-state index contributed by atoms with van der Waals surface area (Å²) < 4.78 is 13.6. The summed E-state index contributed by atoms with van der Waals surface area (Å²) in [5.41, 5.74) is 0.280. The largest absolute Gasteiger partial charge is 0.342 e. The van der Waals surface area contributed by atoms with Crippen LogP contribution in [0.3, 0.4) is 0 Å². The van der Waals surface area contributed by atoms with Gasteiger partial charge in [-0.3, -0.25) is 9.59 Å². The Kier molecular flexibility index (Phi) is 4.68. The third kappa shape index (κ3) is 3.73. The van der Waals surface area contributed by atoms with Crippen LogP contribution < -0.4 is 0 Å². The molecule has 1 atom stereocenters. The van der Waals surface area contributed by atoms with Gasteiger partial charge in [-0.1, -0.05) is 11.6 Å². The van der Waals surface area contributed by atoms with Gasteiger partial charge in [0.1, 0.15) is 5.82 Å². The van der Waals surface area contributed by atoms with E-state index in [0.717, 1.165) is 32.4 Å². The molecule has 0 bridgehead atoms. The number of carbonyl (C=O) groups is 2. The molecule has 3 fully saturated rings. The van der Waals surface area contributed by atoms with Gasteiger partial charge in [0, 0.05) is 48.6 Å². The number of rotatable bonds is 3. The zero-order chi connectivity index (χ0) is 18.3. The summed E-state index contributed by atoms with van der Waals surface area (Å²) in [6, 6.07) is 3.98. The maximum atomic E-state index is 13.6. The molecule has 1 saturated carbocycles. The molecule has 1 spiro atoms. The smallest absolute Gasteiger partial charge is 0.254 e. The summed E-state index contributed by atoms with van der Waals surface area (Å²) in [6.07, 6.45) is 5.81. The van der Waals surface area contributed by atoms with Crippen molar-refractivity contribution in [2.24, 2.45) is 11.3 Å². The first-order valence-electron chi connectivity index (χ1n) is 9.47. The topological polar surface area (TPSA) is 40.6 Å². The molecule has 2 heterocycles. The summed E-state index contributed by atoms with van der Waals surface area (Å²) in [6.45, 7) is 2.92. The molecule has 4 nitrogen and oxygen atoms in total. The third-order valence-corrected chi connectivity index (χ3v) is 6.20. The Morgan fingerprint density at radius 1 is 1.23 bits per heavy atom. The van der Waals surface area contributed by atoms with Crippen molar-refractivity contribution < 1.29 is 14.0 Å². The van der Waals surface area contributed by atoms with Crippen molar-refractivity contribution in [2.75, 3.05) is 26.2 Å². The Hall–Kier alpha value is -1.62. The van der Waals surface area contributed by atoms with E-state index in [2.05, 4.69) is 0 Å². The fourth-order valence-electron chi connectivity index (χ4n) is 4.46. The van der Waals surface area contributed by atoms with Crippen LogP contribution in [0.1, 0.15) is 48.9 Å². The minimum atomic E-state index is -0.494. The van der Waals surface area contributed by atoms with Crippen LogP contribution in [0.15, 0.2) is 18.2 Å². The molecule has 0 aromatic heterocycles. The molecule has 1 aliphatic carbocycles. The molecule has 6 heteroatoms. The minimum absolute atomic E-state index is 0.0200. The van der Waals surface area contributed by atoms with Gasteiger partial charge in [-0.15, -0.1) is 0 Å². The molecule has 26 heavy (non-hydrogen) atoms. The average molecular weight is 379 g/mol. The lowest BCUT2D eigenvalue weighted by Crippen LogP contribution is -2.55. The van der Waals surface area contributed by atoms with E-state index in [1.54, 1.807) is 0 Å². The summed E-state index contributed by atoms with van der Waals surface area (Å²) in [7, 11) is 0. The second-order valence-electron chi connectivity index (χ2n) is 8.21. The molecule has 140 valence electrons. The molecule has 2 amide bonds. The number of hydrogen-bond donors (Lipinski definition) is 0. The maximum absolute atomic E-state index is 13.6. The van der Waals surface area contributed by atoms with E-state index in [1.165, 1.54) is 31.0 Å². The second kappa shape index (κ2) is 6.84. The van der Waals surface area contributed by atoms with Crippen molar-refractivity contribution in [2.45, 2.75) is 38.5 Å². The highest BCUT2D eigenvalue weighted by Gasteiger charge is 2.43. The number of benzene rings is 1. The fraction of sp³-hybridized carbons (Fsp3) is 0.600. The first-order chi connectivity index (χ1) is 12.4. The van der Waals surface area contributed by atoms with Crippen LogP contribution in [0, 0.1) is 17.2 Å². The minimum Gasteiger partial charge on any atom is -0.342 e. The SMILES string of the molecule is O=C1CC[C@]2(CCCN(C(=O)c3cc(F)cc(Cl)c3)C2)CN1CC1CC1. The zero-order valence-corrected chi connectivity index (χ0v) is 15.6. The highest BCUT2D eigenvalue weighted by Crippen LogP contribution is 2.41. The van der Waals surface area contributed by atoms with Crippen molar-refractivity contribution in [1.29, 1.82) is 0 Å². The van der Waals surface area contributed by atoms with Gasteiger partial charge in [0.05, 0.1) is 0 Å². The number of carbonyl (C=O) groups excluding carboxylic acids is 2. The van der Waals surface area contributed by atoms with Crippen LogP contribution in [-0.4, -0.2) is 47.8 Å².